The van der Waals surface area contributed by atoms with Gasteiger partial charge in [-0.1, -0.05) is 25.0 Å². The van der Waals surface area contributed by atoms with E-state index in [1.54, 1.807) is 12.0 Å². The van der Waals surface area contributed by atoms with E-state index in [9.17, 15) is 14.7 Å². The van der Waals surface area contributed by atoms with Gasteiger partial charge in [-0.3, -0.25) is 4.79 Å². The van der Waals surface area contributed by atoms with Crippen LogP contribution in [0, 0.1) is 11.8 Å². The molecule has 5 nitrogen and oxygen atoms in total. The minimum atomic E-state index is -0.846. The maximum atomic E-state index is 13.1. The summed E-state index contributed by atoms with van der Waals surface area (Å²) in [5.41, 5.74) is 1.11. The zero-order chi connectivity index (χ0) is 17.6. The van der Waals surface area contributed by atoms with Crippen LogP contribution in [0.2, 0.25) is 0 Å². The maximum Gasteiger partial charge on any atom is 0.326 e. The van der Waals surface area contributed by atoms with Gasteiger partial charge in [0, 0.05) is 12.0 Å². The molecule has 2 aliphatic carbocycles. The summed E-state index contributed by atoms with van der Waals surface area (Å²) in [5, 5.41) is 9.62. The number of aliphatic carboxylic acids is 1. The molecule has 1 aromatic rings. The first kappa shape index (κ1) is 16.4. The minimum Gasteiger partial charge on any atom is -0.497 e. The summed E-state index contributed by atoms with van der Waals surface area (Å²) in [4.78, 5) is 26.6. The fourth-order valence-corrected chi connectivity index (χ4v) is 4.90. The molecule has 5 heteroatoms. The molecule has 3 aliphatic rings. The lowest BCUT2D eigenvalue weighted by Gasteiger charge is -2.33. The highest BCUT2D eigenvalue weighted by Gasteiger charge is 2.53. The quantitative estimate of drug-likeness (QED) is 0.912. The Balaban J connectivity index is 1.52. The molecule has 0 aromatic heterocycles. The first-order valence-corrected chi connectivity index (χ1v) is 9.29. The molecular formula is C20H25NO4. The van der Waals surface area contributed by atoms with Gasteiger partial charge in [-0.25, -0.2) is 4.79 Å². The minimum absolute atomic E-state index is 0.0506. The van der Waals surface area contributed by atoms with E-state index in [0.717, 1.165) is 43.4 Å². The van der Waals surface area contributed by atoms with Crippen LogP contribution in [0.25, 0.3) is 0 Å². The zero-order valence-electron chi connectivity index (χ0n) is 14.6. The molecule has 134 valence electrons. The number of likely N-dealkylation sites (tertiary alicyclic amines) is 1. The molecule has 2 saturated carbocycles. The van der Waals surface area contributed by atoms with E-state index in [0.29, 0.717) is 12.3 Å². The number of ether oxygens (including phenoxy) is 1. The number of methoxy groups -OCH3 is 1. The fraction of sp³-hybridized carbons (Fsp3) is 0.600. The van der Waals surface area contributed by atoms with Crippen LogP contribution in [0.5, 0.6) is 5.75 Å². The second-order valence-electron chi connectivity index (χ2n) is 7.67. The molecule has 1 aliphatic heterocycles. The average Bonchev–Trinajstić information content (AvgIpc) is 3.34. The molecule has 4 rings (SSSR count). The molecule has 0 bridgehead atoms. The van der Waals surface area contributed by atoms with E-state index in [1.807, 2.05) is 24.3 Å². The van der Waals surface area contributed by atoms with Crippen molar-refractivity contribution in [2.75, 3.05) is 7.11 Å². The van der Waals surface area contributed by atoms with Gasteiger partial charge in [0.15, 0.2) is 0 Å². The number of benzene rings is 1. The van der Waals surface area contributed by atoms with Crippen LogP contribution >= 0.6 is 0 Å². The number of fused-ring (bicyclic) bond motifs is 1. The molecular weight excluding hydrogens is 318 g/mol. The van der Waals surface area contributed by atoms with Crippen molar-refractivity contribution in [3.05, 3.63) is 29.8 Å². The number of hydrogen-bond donors (Lipinski definition) is 1. The Bertz CT molecular complexity index is 688. The molecule has 1 N–H and O–H groups in total. The summed E-state index contributed by atoms with van der Waals surface area (Å²) in [6.07, 6.45) is 5.71. The van der Waals surface area contributed by atoms with Gasteiger partial charge in [-0.05, 0) is 55.2 Å². The Labute approximate surface area is 148 Å². The molecule has 0 spiro atoms. The second-order valence-corrected chi connectivity index (χ2v) is 7.67. The van der Waals surface area contributed by atoms with E-state index in [4.69, 9.17) is 4.74 Å². The first-order valence-electron chi connectivity index (χ1n) is 9.29. The number of nitrogens with zero attached hydrogens (tertiary/aromatic N) is 1. The van der Waals surface area contributed by atoms with Crippen LogP contribution < -0.4 is 4.74 Å². The highest BCUT2D eigenvalue weighted by Crippen LogP contribution is 2.51. The SMILES string of the molecule is COc1cccc(C2CC2C(=O)N2C(C(=O)O)CC3CCCCC32)c1. The third-order valence-electron chi connectivity index (χ3n) is 6.26. The third kappa shape index (κ3) is 2.90. The number of carbonyl (C=O) groups is 2. The number of carbonyl (C=O) groups excluding carboxylic acids is 1. The van der Waals surface area contributed by atoms with Crippen molar-refractivity contribution < 1.29 is 19.4 Å². The number of amides is 1. The van der Waals surface area contributed by atoms with Crippen LogP contribution in [0.15, 0.2) is 24.3 Å². The summed E-state index contributed by atoms with van der Waals surface area (Å²) < 4.78 is 5.27. The third-order valence-corrected chi connectivity index (χ3v) is 6.26. The predicted molar refractivity (Wildman–Crippen MR) is 92.5 cm³/mol. The van der Waals surface area contributed by atoms with Crippen LogP contribution in [0.3, 0.4) is 0 Å². The lowest BCUT2D eigenvalue weighted by Crippen LogP contribution is -2.47. The van der Waals surface area contributed by atoms with Gasteiger partial charge in [0.1, 0.15) is 11.8 Å². The van der Waals surface area contributed by atoms with E-state index in [-0.39, 0.29) is 23.8 Å². The molecule has 1 aromatic carbocycles. The predicted octanol–water partition coefficient (Wildman–Crippen LogP) is 3.04. The number of carboxylic acid groups (broad SMARTS) is 1. The van der Waals surface area contributed by atoms with Gasteiger partial charge in [0.25, 0.3) is 0 Å². The molecule has 5 unspecified atom stereocenters. The second kappa shape index (κ2) is 6.36. The highest BCUT2D eigenvalue weighted by molar-refractivity contribution is 5.88. The van der Waals surface area contributed by atoms with E-state index in [1.165, 1.54) is 0 Å². The molecule has 5 atom stereocenters. The summed E-state index contributed by atoms with van der Waals surface area (Å²) >= 11 is 0. The molecule has 1 saturated heterocycles. The van der Waals surface area contributed by atoms with E-state index in [2.05, 4.69) is 0 Å². The molecule has 1 heterocycles. The average molecular weight is 343 g/mol. The van der Waals surface area contributed by atoms with E-state index < -0.39 is 12.0 Å². The van der Waals surface area contributed by atoms with Gasteiger partial charge in [-0.15, -0.1) is 0 Å². The van der Waals surface area contributed by atoms with Gasteiger partial charge in [-0.2, -0.15) is 0 Å². The summed E-state index contributed by atoms with van der Waals surface area (Å²) in [7, 11) is 1.64. The topological polar surface area (TPSA) is 66.8 Å². The normalized spacial score (nSPS) is 33.6. The lowest BCUT2D eigenvalue weighted by atomic mass is 9.84. The molecule has 1 amide bonds. The van der Waals surface area contributed by atoms with Gasteiger partial charge in [0.2, 0.25) is 5.91 Å². The Kier molecular flexibility index (Phi) is 4.18. The highest BCUT2D eigenvalue weighted by atomic mass is 16.5. The first-order chi connectivity index (χ1) is 12.1. The maximum absolute atomic E-state index is 13.1. The number of rotatable bonds is 4. The van der Waals surface area contributed by atoms with Crippen LogP contribution in [-0.4, -0.2) is 41.1 Å². The number of hydrogen-bond acceptors (Lipinski definition) is 3. The van der Waals surface area contributed by atoms with Crippen molar-refractivity contribution >= 4 is 11.9 Å². The van der Waals surface area contributed by atoms with Crippen molar-refractivity contribution in [3.63, 3.8) is 0 Å². The Morgan fingerprint density at radius 2 is 2.00 bits per heavy atom. The van der Waals surface area contributed by atoms with Crippen molar-refractivity contribution in [3.8, 4) is 5.75 Å². The Morgan fingerprint density at radius 3 is 2.76 bits per heavy atom. The zero-order valence-corrected chi connectivity index (χ0v) is 14.6. The summed E-state index contributed by atoms with van der Waals surface area (Å²) in [6.45, 7) is 0. The largest absolute Gasteiger partial charge is 0.497 e. The van der Waals surface area contributed by atoms with E-state index >= 15 is 0 Å². The van der Waals surface area contributed by atoms with Gasteiger partial charge < -0.3 is 14.7 Å². The van der Waals surface area contributed by atoms with Crippen molar-refractivity contribution in [2.24, 2.45) is 11.8 Å². The smallest absolute Gasteiger partial charge is 0.326 e. The standard InChI is InChI=1S/C20H25NO4/c1-25-14-7-4-6-12(9-14)15-11-16(15)19(22)21-17-8-3-2-5-13(17)10-18(21)20(23)24/h4,6-7,9,13,15-18H,2-3,5,8,10-11H2,1H3,(H,23,24). The monoisotopic (exact) mass is 343 g/mol. The summed E-state index contributed by atoms with van der Waals surface area (Å²) in [6, 6.07) is 7.36. The van der Waals surface area contributed by atoms with Crippen molar-refractivity contribution in [1.29, 1.82) is 0 Å². The van der Waals surface area contributed by atoms with Crippen LogP contribution in [0.4, 0.5) is 0 Å². The van der Waals surface area contributed by atoms with Crippen molar-refractivity contribution in [2.45, 2.75) is 56.5 Å². The van der Waals surface area contributed by atoms with Crippen LogP contribution in [0.1, 0.15) is 50.0 Å². The fourth-order valence-electron chi connectivity index (χ4n) is 4.90. The molecule has 25 heavy (non-hydrogen) atoms. The van der Waals surface area contributed by atoms with Gasteiger partial charge in [0.05, 0.1) is 7.11 Å². The van der Waals surface area contributed by atoms with Crippen LogP contribution in [-0.2, 0) is 9.59 Å². The summed E-state index contributed by atoms with van der Waals surface area (Å²) in [5.74, 6) is 0.491. The van der Waals surface area contributed by atoms with Crippen molar-refractivity contribution in [1.82, 2.24) is 4.90 Å². The molecule has 3 fully saturated rings. The number of carboxylic acids is 1. The van der Waals surface area contributed by atoms with Gasteiger partial charge >= 0.3 is 5.97 Å². The Morgan fingerprint density at radius 1 is 1.20 bits per heavy atom. The Hall–Kier alpha value is -2.04. The lowest BCUT2D eigenvalue weighted by molar-refractivity contribution is -0.150. The molecule has 0 radical (unpaired) electrons.